The molecule has 9 aliphatic carbocycles. The number of fused-ring (bicyclic) bond motifs is 12. The molecule has 2 heterocycles. The van der Waals surface area contributed by atoms with Crippen molar-refractivity contribution in [1.82, 2.24) is 10.6 Å². The number of nitrogens with one attached hydrogen (secondary N) is 2. The van der Waals surface area contributed by atoms with Crippen LogP contribution in [0.15, 0.2) is 11.3 Å². The number of rotatable bonds is 16. The van der Waals surface area contributed by atoms with Gasteiger partial charge in [0.25, 0.3) is 0 Å². The monoisotopic (exact) mass is 1160 g/mol. The van der Waals surface area contributed by atoms with Crippen molar-refractivity contribution in [2.24, 2.45) is 105 Å². The van der Waals surface area contributed by atoms with Gasteiger partial charge in [0.15, 0.2) is 13.2 Å². The number of hydrogen-bond acceptors (Lipinski definition) is 15. The fourth-order valence-electron chi connectivity index (χ4n) is 21.7. The number of ether oxygens (including phenoxy) is 5. The summed E-state index contributed by atoms with van der Waals surface area (Å²) in [5, 5.41) is 30.7. The zero-order chi connectivity index (χ0) is 59.2. The highest BCUT2D eigenvalue weighted by molar-refractivity contribution is 5.93. The first kappa shape index (κ1) is 61.4. The number of ketones is 3. The minimum absolute atomic E-state index is 0.0418. The molecule has 2 saturated heterocycles. The minimum Gasteiger partial charge on any atom is -0.486 e. The van der Waals surface area contributed by atoms with Gasteiger partial charge in [0.1, 0.15) is 28.6 Å². The van der Waals surface area contributed by atoms with Crippen molar-refractivity contribution in [2.75, 3.05) is 46.0 Å². The molecule has 0 radical (unpaired) electrons. The molecule has 15 heteroatoms. The van der Waals surface area contributed by atoms with Crippen molar-refractivity contribution in [2.45, 2.75) is 227 Å². The Kier molecular flexibility index (Phi) is 17.3. The molecule has 4 N–H and O–H groups in total. The summed E-state index contributed by atoms with van der Waals surface area (Å²) < 4.78 is 31.9. The zero-order valence-corrected chi connectivity index (χ0v) is 52.0. The number of Topliss-reactive ketones (excluding diaryl/α,β-unsaturated/α-hetero) is 3. The standard InChI is InChI=1S/C68H104N2O13/c1-38(10-15-57(76)81-37-59(78)83-64(4,5)41-20-26-70-27-21-41)47-12-13-48-61-50(34-55(74)67(47,48)8)66(7)23-17-45(72)29-43(66)31-54(61)79-35-39-11-14-53(80-36-58(77)82-63(2,3)40-18-24-69-25-19-40)46-32-51-60-49(33-56(75)68(51,9)62(39)46)65(6)22-16-44(71)28-42(65)30-52(60)73/h38-43,45,47-51,54-55,60-62,69-70,72,74H,10-37H2,1-9H3/t38-,39+,42+,43+,45?,47-,48+,49+,50+,51+,54?,55?,60-,61+,62+,65+,66+,67-,68-/m1/s1. The van der Waals surface area contributed by atoms with Crippen LogP contribution >= 0.6 is 0 Å². The topological polar surface area (TPSA) is 213 Å². The molecule has 3 unspecified atom stereocenters. The van der Waals surface area contributed by atoms with Crippen LogP contribution in [0.3, 0.4) is 0 Å². The third kappa shape index (κ3) is 11.1. The summed E-state index contributed by atoms with van der Waals surface area (Å²) in [6.45, 7) is 22.5. The quantitative estimate of drug-likeness (QED) is 0.0837. The second-order valence-electron chi connectivity index (χ2n) is 31.2. The molecule has 0 spiro atoms. The van der Waals surface area contributed by atoms with E-state index in [1.54, 1.807) is 0 Å². The first-order chi connectivity index (χ1) is 39.3. The van der Waals surface area contributed by atoms with E-state index in [-0.39, 0.29) is 136 Å². The number of esters is 3. The lowest BCUT2D eigenvalue weighted by Gasteiger charge is -2.64. The highest BCUT2D eigenvalue weighted by Crippen LogP contribution is 2.71. The largest absolute Gasteiger partial charge is 0.486 e. The van der Waals surface area contributed by atoms with Crippen LogP contribution in [0.1, 0.15) is 197 Å². The summed E-state index contributed by atoms with van der Waals surface area (Å²) >= 11 is 0. The Bertz CT molecular complexity index is 2510. The third-order valence-electron chi connectivity index (χ3n) is 26.6. The third-order valence-corrected chi connectivity index (χ3v) is 26.6. The Hall–Kier alpha value is -3.24. The SMILES string of the molecule is C[C@H](CCC(=O)OCC(=O)OC(C)(C)C1CCNCC1)[C@H]1CC[C@H]2[C@@H]3C(OC[C@@H]4CCC(OCC(=O)OC(C)(C)C5CCNCC5)=C5C[C@H]6[C@@H]7C(=O)C[C@@H]8CC(=O)CC[C@]8(C)[C@H]7CC(=O)[C@]6(C)[C@H]54)C[C@@H]4CC(O)CC[C@]4(C)[C@H]3CC(O)[C@]12C. The molecule has 0 aromatic heterocycles. The second-order valence-corrected chi connectivity index (χ2v) is 31.2. The van der Waals surface area contributed by atoms with Crippen molar-refractivity contribution >= 4 is 35.3 Å². The Morgan fingerprint density at radius 1 is 0.675 bits per heavy atom. The molecule has 464 valence electrons. The van der Waals surface area contributed by atoms with Gasteiger partial charge in [0.2, 0.25) is 0 Å². The van der Waals surface area contributed by atoms with Gasteiger partial charge >= 0.3 is 17.9 Å². The fourth-order valence-corrected chi connectivity index (χ4v) is 21.7. The zero-order valence-electron chi connectivity index (χ0n) is 52.0. The summed E-state index contributed by atoms with van der Waals surface area (Å²) in [6, 6.07) is 0. The van der Waals surface area contributed by atoms with Crippen LogP contribution in [-0.2, 0) is 52.5 Å². The normalized spacial score (nSPS) is 42.4. The van der Waals surface area contributed by atoms with E-state index in [0.717, 1.165) is 95.3 Å². The van der Waals surface area contributed by atoms with E-state index in [4.69, 9.17) is 23.7 Å². The number of aliphatic hydroxyl groups excluding tert-OH is 2. The van der Waals surface area contributed by atoms with E-state index < -0.39 is 52.7 Å². The smallest absolute Gasteiger partial charge is 0.344 e. The van der Waals surface area contributed by atoms with Crippen LogP contribution in [0.25, 0.3) is 0 Å². The molecule has 11 rings (SSSR count). The second kappa shape index (κ2) is 23.4. The maximum absolute atomic E-state index is 15.5. The van der Waals surface area contributed by atoms with Gasteiger partial charge in [-0.3, -0.25) is 19.2 Å². The molecule has 0 bridgehead atoms. The van der Waals surface area contributed by atoms with Crippen LogP contribution < -0.4 is 10.6 Å². The van der Waals surface area contributed by atoms with Crippen molar-refractivity contribution in [3.63, 3.8) is 0 Å². The number of carbonyl (C=O) groups is 6. The maximum atomic E-state index is 15.5. The number of aliphatic hydroxyl groups is 2. The first-order valence-electron chi connectivity index (χ1n) is 33.2. The number of piperidine rings is 2. The van der Waals surface area contributed by atoms with Crippen molar-refractivity contribution < 1.29 is 62.7 Å². The number of allylic oxidation sites excluding steroid dienone is 2. The average molecular weight is 1160 g/mol. The van der Waals surface area contributed by atoms with E-state index in [1.807, 2.05) is 27.7 Å². The average Bonchev–Trinajstić information content (AvgIpc) is 3.19. The van der Waals surface area contributed by atoms with E-state index in [9.17, 15) is 34.2 Å². The highest BCUT2D eigenvalue weighted by atomic mass is 16.6. The molecule has 11 aliphatic rings. The van der Waals surface area contributed by atoms with Crippen molar-refractivity contribution in [3.8, 4) is 0 Å². The lowest BCUT2D eigenvalue weighted by molar-refractivity contribution is -0.220. The van der Waals surface area contributed by atoms with E-state index >= 15 is 4.79 Å². The van der Waals surface area contributed by atoms with Crippen molar-refractivity contribution in [3.05, 3.63) is 11.3 Å². The summed E-state index contributed by atoms with van der Waals surface area (Å²) in [7, 11) is 0. The Morgan fingerprint density at radius 2 is 1.33 bits per heavy atom. The van der Waals surface area contributed by atoms with Crippen LogP contribution in [0.2, 0.25) is 0 Å². The van der Waals surface area contributed by atoms with Crippen LogP contribution in [0, 0.1) is 105 Å². The molecular weight excluding hydrogens is 1050 g/mol. The Morgan fingerprint density at radius 3 is 2.00 bits per heavy atom. The van der Waals surface area contributed by atoms with E-state index in [1.165, 1.54) is 0 Å². The predicted octanol–water partition coefficient (Wildman–Crippen LogP) is 9.45. The molecule has 83 heavy (non-hydrogen) atoms. The molecule has 19 atom stereocenters. The molecule has 15 nitrogen and oxygen atoms in total. The number of hydrogen-bond donors (Lipinski definition) is 4. The Labute approximate surface area is 495 Å². The van der Waals surface area contributed by atoms with Crippen molar-refractivity contribution in [1.29, 1.82) is 0 Å². The lowest BCUT2D eigenvalue weighted by Crippen LogP contribution is -2.63. The number of carbonyl (C=O) groups excluding carboxylic acids is 6. The molecule has 10 fully saturated rings. The molecule has 0 aromatic carbocycles. The molecule has 2 aliphatic heterocycles. The van der Waals surface area contributed by atoms with Gasteiger partial charge in [0.05, 0.1) is 30.7 Å². The highest BCUT2D eigenvalue weighted by Gasteiger charge is 2.70. The van der Waals surface area contributed by atoms with Crippen LogP contribution in [0.4, 0.5) is 0 Å². The van der Waals surface area contributed by atoms with E-state index in [2.05, 4.69) is 45.3 Å². The first-order valence-corrected chi connectivity index (χ1v) is 33.2. The molecule has 0 amide bonds. The predicted molar refractivity (Wildman–Crippen MR) is 311 cm³/mol. The Balaban J connectivity index is 0.828. The minimum atomic E-state index is -0.858. The summed E-state index contributed by atoms with van der Waals surface area (Å²) in [4.78, 5) is 83.2. The summed E-state index contributed by atoms with van der Waals surface area (Å²) in [6.07, 6.45) is 13.2. The lowest BCUT2D eigenvalue weighted by atomic mass is 9.43. The van der Waals surface area contributed by atoms with Gasteiger partial charge < -0.3 is 44.5 Å². The molecule has 0 aromatic rings. The van der Waals surface area contributed by atoms with Gasteiger partial charge in [0, 0.05) is 67.6 Å². The van der Waals surface area contributed by atoms with Gasteiger partial charge in [-0.1, -0.05) is 34.6 Å². The maximum Gasteiger partial charge on any atom is 0.344 e. The van der Waals surface area contributed by atoms with E-state index in [0.29, 0.717) is 77.2 Å². The van der Waals surface area contributed by atoms with Gasteiger partial charge in [-0.15, -0.1) is 0 Å². The van der Waals surface area contributed by atoms with Gasteiger partial charge in [-0.05, 0) is 231 Å². The molecule has 8 saturated carbocycles. The van der Waals surface area contributed by atoms with Crippen LogP contribution in [0.5, 0.6) is 0 Å². The fraction of sp³-hybridized carbons (Fsp3) is 0.882. The molecular formula is C68H104N2O13. The van der Waals surface area contributed by atoms with Crippen LogP contribution in [-0.4, -0.2) is 121 Å². The van der Waals surface area contributed by atoms with Gasteiger partial charge in [-0.2, -0.15) is 0 Å². The van der Waals surface area contributed by atoms with Gasteiger partial charge in [-0.25, -0.2) is 9.59 Å². The summed E-state index contributed by atoms with van der Waals surface area (Å²) in [5.41, 5.74) is -1.88. The summed E-state index contributed by atoms with van der Waals surface area (Å²) in [5.74, 6) is 0.425.